The van der Waals surface area contributed by atoms with E-state index in [1.165, 1.54) is 40.1 Å². The average molecular weight is 436 g/mol. The fraction of sp³-hybridized carbons (Fsp3) is 0.111. The summed E-state index contributed by atoms with van der Waals surface area (Å²) >= 11 is 7.93. The number of hydrogen-bond donors (Lipinski definition) is 2. The number of hydrogen-bond acceptors (Lipinski definition) is 6. The predicted octanol–water partition coefficient (Wildman–Crippen LogP) is 2.94. The molecule has 0 bridgehead atoms. The maximum absolute atomic E-state index is 12.9. The molecule has 3 amide bonds. The fourth-order valence-electron chi connectivity index (χ4n) is 2.27. The van der Waals surface area contributed by atoms with Crippen molar-refractivity contribution in [1.82, 2.24) is 15.8 Å². The zero-order valence-electron chi connectivity index (χ0n) is 14.3. The molecule has 1 aliphatic rings. The van der Waals surface area contributed by atoms with Gasteiger partial charge in [-0.05, 0) is 41.8 Å². The van der Waals surface area contributed by atoms with Crippen molar-refractivity contribution in [2.75, 3.05) is 6.54 Å². The van der Waals surface area contributed by atoms with Gasteiger partial charge >= 0.3 is 0 Å². The third-order valence-corrected chi connectivity index (χ3v) is 5.87. The standard InChI is InChI=1S/C18H14FN3O3S3/c19-12-5-3-11(4-6-12)16(24)21-20-15(23)7-8-22-17(25)14(28-18(22)26)10-13-2-1-9-27-13/h1-6,9-10H,7-8H2,(H,20,23)(H,21,24)/b14-10+. The van der Waals surface area contributed by atoms with Crippen LogP contribution in [0.1, 0.15) is 21.7 Å². The lowest BCUT2D eigenvalue weighted by Crippen LogP contribution is -2.43. The number of carbonyl (C=O) groups excluding carboxylic acids is 3. The van der Waals surface area contributed by atoms with Crippen molar-refractivity contribution < 1.29 is 18.8 Å². The molecule has 10 heteroatoms. The van der Waals surface area contributed by atoms with E-state index >= 15 is 0 Å². The Morgan fingerprint density at radius 1 is 1.18 bits per heavy atom. The number of thiocarbonyl (C=S) groups is 1. The molecule has 2 heterocycles. The Hall–Kier alpha value is -2.56. The number of benzene rings is 1. The van der Waals surface area contributed by atoms with Crippen molar-refractivity contribution >= 4 is 63.4 Å². The number of thiophene rings is 1. The van der Waals surface area contributed by atoms with E-state index in [1.54, 1.807) is 6.08 Å². The molecular weight excluding hydrogens is 421 g/mol. The van der Waals surface area contributed by atoms with E-state index in [2.05, 4.69) is 10.9 Å². The number of thioether (sulfide) groups is 1. The summed E-state index contributed by atoms with van der Waals surface area (Å²) in [6.07, 6.45) is 1.73. The number of nitrogens with zero attached hydrogens (tertiary/aromatic N) is 1. The van der Waals surface area contributed by atoms with Crippen LogP contribution in [0.3, 0.4) is 0 Å². The minimum atomic E-state index is -0.571. The lowest BCUT2D eigenvalue weighted by molar-refractivity contribution is -0.124. The van der Waals surface area contributed by atoms with Gasteiger partial charge in [0.2, 0.25) is 5.91 Å². The molecule has 2 aromatic rings. The van der Waals surface area contributed by atoms with Crippen molar-refractivity contribution in [2.45, 2.75) is 6.42 Å². The van der Waals surface area contributed by atoms with Gasteiger partial charge in [0, 0.05) is 23.4 Å². The van der Waals surface area contributed by atoms with Crippen LogP contribution in [0.15, 0.2) is 46.7 Å². The van der Waals surface area contributed by atoms with E-state index in [0.717, 1.165) is 17.0 Å². The molecule has 28 heavy (non-hydrogen) atoms. The van der Waals surface area contributed by atoms with Gasteiger partial charge in [-0.2, -0.15) is 0 Å². The van der Waals surface area contributed by atoms with E-state index in [1.807, 2.05) is 17.5 Å². The van der Waals surface area contributed by atoms with E-state index in [4.69, 9.17) is 12.2 Å². The molecule has 144 valence electrons. The van der Waals surface area contributed by atoms with Crippen LogP contribution in [0.25, 0.3) is 6.08 Å². The molecule has 1 aromatic carbocycles. The number of nitrogens with one attached hydrogen (secondary N) is 2. The van der Waals surface area contributed by atoms with Crippen LogP contribution >= 0.6 is 35.3 Å². The van der Waals surface area contributed by atoms with Crippen molar-refractivity contribution in [3.8, 4) is 0 Å². The van der Waals surface area contributed by atoms with Crippen LogP contribution in [0.2, 0.25) is 0 Å². The fourth-order valence-corrected chi connectivity index (χ4v) is 4.30. The van der Waals surface area contributed by atoms with Crippen LogP contribution in [0.5, 0.6) is 0 Å². The van der Waals surface area contributed by atoms with Gasteiger partial charge in [0.05, 0.1) is 4.91 Å². The molecule has 1 saturated heterocycles. The molecule has 0 radical (unpaired) electrons. The first-order valence-electron chi connectivity index (χ1n) is 8.07. The Morgan fingerprint density at radius 2 is 1.93 bits per heavy atom. The lowest BCUT2D eigenvalue weighted by atomic mass is 10.2. The zero-order chi connectivity index (χ0) is 20.1. The average Bonchev–Trinajstić information content (AvgIpc) is 3.27. The summed E-state index contributed by atoms with van der Waals surface area (Å²) in [4.78, 5) is 39.1. The van der Waals surface area contributed by atoms with Crippen molar-refractivity contribution in [1.29, 1.82) is 0 Å². The van der Waals surface area contributed by atoms with Crippen LogP contribution in [0.4, 0.5) is 4.39 Å². The van der Waals surface area contributed by atoms with Crippen LogP contribution in [-0.4, -0.2) is 33.5 Å². The summed E-state index contributed by atoms with van der Waals surface area (Å²) in [6.45, 7) is 0.102. The minimum absolute atomic E-state index is 0.0393. The Balaban J connectivity index is 1.49. The maximum atomic E-state index is 12.9. The third-order valence-electron chi connectivity index (χ3n) is 3.67. The molecule has 2 N–H and O–H groups in total. The molecule has 1 aliphatic heterocycles. The number of halogens is 1. The Labute approximate surface area is 173 Å². The lowest BCUT2D eigenvalue weighted by Gasteiger charge is -2.14. The molecule has 1 fully saturated rings. The van der Waals surface area contributed by atoms with Gasteiger partial charge in [-0.15, -0.1) is 11.3 Å². The number of rotatable bonds is 5. The molecular formula is C18H14FN3O3S3. The van der Waals surface area contributed by atoms with E-state index in [9.17, 15) is 18.8 Å². The van der Waals surface area contributed by atoms with E-state index in [0.29, 0.717) is 9.23 Å². The number of amides is 3. The summed E-state index contributed by atoms with van der Waals surface area (Å²) in [6, 6.07) is 8.69. The third kappa shape index (κ3) is 5.03. The van der Waals surface area contributed by atoms with Gasteiger partial charge in [0.15, 0.2) is 0 Å². The quantitative estimate of drug-likeness (QED) is 0.429. The topological polar surface area (TPSA) is 78.5 Å². The van der Waals surface area contributed by atoms with E-state index in [-0.39, 0.29) is 24.4 Å². The van der Waals surface area contributed by atoms with Gasteiger partial charge in [-0.1, -0.05) is 30.0 Å². The van der Waals surface area contributed by atoms with Gasteiger partial charge in [-0.3, -0.25) is 30.1 Å². The normalized spacial score (nSPS) is 15.2. The summed E-state index contributed by atoms with van der Waals surface area (Å²) < 4.78 is 13.2. The molecule has 0 unspecified atom stereocenters. The summed E-state index contributed by atoms with van der Waals surface area (Å²) in [5.74, 6) is -1.76. The summed E-state index contributed by atoms with van der Waals surface area (Å²) in [5.41, 5.74) is 4.71. The molecule has 0 saturated carbocycles. The minimum Gasteiger partial charge on any atom is -0.292 e. The molecule has 0 atom stereocenters. The smallest absolute Gasteiger partial charge is 0.269 e. The van der Waals surface area contributed by atoms with Gasteiger partial charge in [0.25, 0.3) is 11.8 Å². The molecule has 6 nitrogen and oxygen atoms in total. The van der Waals surface area contributed by atoms with Crippen LogP contribution in [0, 0.1) is 5.82 Å². The number of carbonyl (C=O) groups is 3. The molecule has 0 spiro atoms. The number of hydrazine groups is 1. The maximum Gasteiger partial charge on any atom is 0.269 e. The van der Waals surface area contributed by atoms with Crippen molar-refractivity contribution in [2.24, 2.45) is 0 Å². The van der Waals surface area contributed by atoms with Gasteiger partial charge in [-0.25, -0.2) is 4.39 Å². The second-order valence-corrected chi connectivity index (χ2v) is 8.26. The highest BCUT2D eigenvalue weighted by atomic mass is 32.2. The second kappa shape index (κ2) is 9.09. The van der Waals surface area contributed by atoms with Gasteiger partial charge in [0.1, 0.15) is 10.1 Å². The SMILES string of the molecule is O=C(CCN1C(=O)/C(=C\c2cccs2)SC1=S)NNC(=O)c1ccc(F)cc1. The summed E-state index contributed by atoms with van der Waals surface area (Å²) in [7, 11) is 0. The van der Waals surface area contributed by atoms with Crippen LogP contribution < -0.4 is 10.9 Å². The summed E-state index contributed by atoms with van der Waals surface area (Å²) in [5, 5.41) is 1.91. The largest absolute Gasteiger partial charge is 0.292 e. The first kappa shape index (κ1) is 20.2. The Kier molecular flexibility index (Phi) is 6.55. The second-order valence-electron chi connectivity index (χ2n) is 5.61. The monoisotopic (exact) mass is 435 g/mol. The van der Waals surface area contributed by atoms with Gasteiger partial charge < -0.3 is 0 Å². The van der Waals surface area contributed by atoms with Crippen LogP contribution in [-0.2, 0) is 9.59 Å². The highest BCUT2D eigenvalue weighted by Gasteiger charge is 2.32. The van der Waals surface area contributed by atoms with E-state index < -0.39 is 17.6 Å². The predicted molar refractivity (Wildman–Crippen MR) is 111 cm³/mol. The van der Waals surface area contributed by atoms with Crippen molar-refractivity contribution in [3.05, 3.63) is 62.9 Å². The Morgan fingerprint density at radius 3 is 2.61 bits per heavy atom. The molecule has 3 rings (SSSR count). The first-order valence-corrected chi connectivity index (χ1v) is 10.2. The first-order chi connectivity index (χ1) is 13.4. The highest BCUT2D eigenvalue weighted by Crippen LogP contribution is 2.33. The van der Waals surface area contributed by atoms with Crippen molar-refractivity contribution in [3.63, 3.8) is 0 Å². The molecule has 0 aliphatic carbocycles. The zero-order valence-corrected chi connectivity index (χ0v) is 16.8. The highest BCUT2D eigenvalue weighted by molar-refractivity contribution is 8.26. The Bertz CT molecular complexity index is 943. The molecule has 1 aromatic heterocycles.